The van der Waals surface area contributed by atoms with Gasteiger partial charge in [0, 0.05) is 12.1 Å². The van der Waals surface area contributed by atoms with Gasteiger partial charge in [-0.05, 0) is 44.2 Å². The molecular weight excluding hydrogens is 267 g/mol. The predicted octanol–water partition coefficient (Wildman–Crippen LogP) is 4.10. The van der Waals surface area contributed by atoms with Crippen LogP contribution in [-0.2, 0) is 0 Å². The molecule has 1 aliphatic carbocycles. The Balaban J connectivity index is 1.78. The van der Waals surface area contributed by atoms with Crippen molar-refractivity contribution in [3.8, 4) is 0 Å². The van der Waals surface area contributed by atoms with Crippen LogP contribution in [0, 0.1) is 12.8 Å². The number of rotatable bonds is 1. The Morgan fingerprint density at radius 2 is 1.90 bits per heavy atom. The van der Waals surface area contributed by atoms with E-state index < -0.39 is 12.1 Å². The molecule has 20 heavy (non-hydrogen) atoms. The van der Waals surface area contributed by atoms with Gasteiger partial charge >= 0.3 is 6.18 Å². The van der Waals surface area contributed by atoms with Crippen LogP contribution in [0.3, 0.4) is 0 Å². The monoisotopic (exact) mass is 283 g/mol. The summed E-state index contributed by atoms with van der Waals surface area (Å²) < 4.78 is 38.0. The SMILES string of the molecule is Cc1ccnc2nc(C3CCC(C(F)(F)F)CC3)[nH]c12. The summed E-state index contributed by atoms with van der Waals surface area (Å²) in [4.78, 5) is 11.9. The van der Waals surface area contributed by atoms with Gasteiger partial charge in [-0.25, -0.2) is 9.97 Å². The Kier molecular flexibility index (Phi) is 3.18. The summed E-state index contributed by atoms with van der Waals surface area (Å²) in [6.45, 7) is 1.96. The average molecular weight is 283 g/mol. The topological polar surface area (TPSA) is 41.6 Å². The van der Waals surface area contributed by atoms with Gasteiger partial charge in [0.1, 0.15) is 5.82 Å². The van der Waals surface area contributed by atoms with E-state index in [2.05, 4.69) is 15.0 Å². The van der Waals surface area contributed by atoms with Crippen LogP contribution in [0.15, 0.2) is 12.3 Å². The molecule has 0 aliphatic heterocycles. The highest BCUT2D eigenvalue weighted by molar-refractivity contribution is 5.74. The molecule has 3 nitrogen and oxygen atoms in total. The van der Waals surface area contributed by atoms with Crippen molar-refractivity contribution in [1.82, 2.24) is 15.0 Å². The van der Waals surface area contributed by atoms with Gasteiger partial charge in [-0.2, -0.15) is 13.2 Å². The lowest BCUT2D eigenvalue weighted by molar-refractivity contribution is -0.182. The Bertz CT molecular complexity index is 610. The summed E-state index contributed by atoms with van der Waals surface area (Å²) in [5, 5.41) is 0. The highest BCUT2D eigenvalue weighted by atomic mass is 19.4. The van der Waals surface area contributed by atoms with E-state index in [0.717, 1.165) is 16.9 Å². The maximum absolute atomic E-state index is 12.7. The molecule has 1 N–H and O–H groups in total. The van der Waals surface area contributed by atoms with E-state index in [1.165, 1.54) is 0 Å². The molecule has 6 heteroatoms. The minimum atomic E-state index is -4.06. The van der Waals surface area contributed by atoms with Gasteiger partial charge in [0.05, 0.1) is 11.4 Å². The van der Waals surface area contributed by atoms with E-state index in [1.54, 1.807) is 6.20 Å². The molecule has 0 bridgehead atoms. The van der Waals surface area contributed by atoms with E-state index in [-0.39, 0.29) is 18.8 Å². The number of aryl methyl sites for hydroxylation is 1. The number of nitrogens with zero attached hydrogens (tertiary/aromatic N) is 2. The molecule has 0 spiro atoms. The van der Waals surface area contributed by atoms with Crippen LogP contribution in [0.4, 0.5) is 13.2 Å². The number of aromatic amines is 1. The smallest absolute Gasteiger partial charge is 0.340 e. The minimum Gasteiger partial charge on any atom is -0.340 e. The first-order valence-corrected chi connectivity index (χ1v) is 6.83. The number of H-pyrrole nitrogens is 1. The fourth-order valence-corrected chi connectivity index (χ4v) is 2.94. The summed E-state index contributed by atoms with van der Waals surface area (Å²) in [7, 11) is 0. The third-order valence-corrected chi connectivity index (χ3v) is 4.20. The summed E-state index contributed by atoms with van der Waals surface area (Å²) in [6.07, 6.45) is -0.916. The molecule has 108 valence electrons. The van der Waals surface area contributed by atoms with Gasteiger partial charge in [-0.1, -0.05) is 0 Å². The number of pyridine rings is 1. The van der Waals surface area contributed by atoms with Crippen LogP contribution in [0.5, 0.6) is 0 Å². The lowest BCUT2D eigenvalue weighted by atomic mass is 9.81. The van der Waals surface area contributed by atoms with Gasteiger partial charge in [-0.15, -0.1) is 0 Å². The van der Waals surface area contributed by atoms with Gasteiger partial charge in [-0.3, -0.25) is 0 Å². The lowest BCUT2D eigenvalue weighted by Gasteiger charge is -2.28. The third kappa shape index (κ3) is 2.39. The molecule has 1 fully saturated rings. The van der Waals surface area contributed by atoms with Gasteiger partial charge in [0.15, 0.2) is 5.65 Å². The second-order valence-electron chi connectivity index (χ2n) is 5.54. The normalized spacial score (nSPS) is 24.2. The zero-order chi connectivity index (χ0) is 14.3. The van der Waals surface area contributed by atoms with E-state index >= 15 is 0 Å². The second-order valence-corrected chi connectivity index (χ2v) is 5.54. The number of hydrogen-bond acceptors (Lipinski definition) is 2. The zero-order valence-electron chi connectivity index (χ0n) is 11.2. The molecule has 0 unspecified atom stereocenters. The molecule has 1 aliphatic rings. The first kappa shape index (κ1) is 13.4. The number of nitrogens with one attached hydrogen (secondary N) is 1. The average Bonchev–Trinajstić information content (AvgIpc) is 2.83. The quantitative estimate of drug-likeness (QED) is 0.856. The highest BCUT2D eigenvalue weighted by Gasteiger charge is 2.41. The Hall–Kier alpha value is -1.59. The molecule has 2 heterocycles. The summed E-state index contributed by atoms with van der Waals surface area (Å²) >= 11 is 0. The van der Waals surface area contributed by atoms with Gasteiger partial charge in [0.25, 0.3) is 0 Å². The van der Waals surface area contributed by atoms with E-state index in [0.29, 0.717) is 18.5 Å². The van der Waals surface area contributed by atoms with Crippen molar-refractivity contribution in [3.63, 3.8) is 0 Å². The van der Waals surface area contributed by atoms with Gasteiger partial charge < -0.3 is 4.98 Å². The van der Waals surface area contributed by atoms with Crippen molar-refractivity contribution in [2.24, 2.45) is 5.92 Å². The Morgan fingerprint density at radius 1 is 1.20 bits per heavy atom. The molecule has 0 aromatic carbocycles. The maximum atomic E-state index is 12.7. The molecule has 3 rings (SSSR count). The van der Waals surface area contributed by atoms with Crippen LogP contribution in [-0.4, -0.2) is 21.1 Å². The largest absolute Gasteiger partial charge is 0.391 e. The fourth-order valence-electron chi connectivity index (χ4n) is 2.94. The Labute approximate surface area is 114 Å². The first-order chi connectivity index (χ1) is 9.45. The standard InChI is InChI=1S/C14H16F3N3/c1-8-6-7-18-13-11(8)19-12(20-13)9-2-4-10(5-3-9)14(15,16)17/h6-7,9-10H,2-5H2,1H3,(H,18,19,20). The molecule has 2 aromatic heterocycles. The van der Waals surface area contributed by atoms with Crippen LogP contribution in [0.1, 0.15) is 43.0 Å². The van der Waals surface area contributed by atoms with Crippen molar-refractivity contribution in [1.29, 1.82) is 0 Å². The fraction of sp³-hybridized carbons (Fsp3) is 0.571. The molecule has 1 saturated carbocycles. The van der Waals surface area contributed by atoms with Crippen LogP contribution < -0.4 is 0 Å². The molecule has 0 amide bonds. The maximum Gasteiger partial charge on any atom is 0.391 e. The summed E-state index contributed by atoms with van der Waals surface area (Å²) in [5.41, 5.74) is 2.59. The summed E-state index contributed by atoms with van der Waals surface area (Å²) in [6, 6.07) is 1.89. The zero-order valence-corrected chi connectivity index (χ0v) is 11.2. The molecular formula is C14H16F3N3. The van der Waals surface area contributed by atoms with E-state index in [1.807, 2.05) is 13.0 Å². The molecule has 0 atom stereocenters. The number of hydrogen-bond donors (Lipinski definition) is 1. The van der Waals surface area contributed by atoms with Crippen molar-refractivity contribution in [2.75, 3.05) is 0 Å². The summed E-state index contributed by atoms with van der Waals surface area (Å²) in [5.74, 6) is -0.285. The number of halogens is 3. The van der Waals surface area contributed by atoms with Crippen LogP contribution >= 0.6 is 0 Å². The molecule has 2 aromatic rings. The first-order valence-electron chi connectivity index (χ1n) is 6.83. The van der Waals surface area contributed by atoms with E-state index in [9.17, 15) is 13.2 Å². The van der Waals surface area contributed by atoms with Crippen molar-refractivity contribution in [3.05, 3.63) is 23.7 Å². The van der Waals surface area contributed by atoms with Gasteiger partial charge in [0.2, 0.25) is 0 Å². The third-order valence-electron chi connectivity index (χ3n) is 4.20. The number of aromatic nitrogens is 3. The van der Waals surface area contributed by atoms with Crippen LogP contribution in [0.25, 0.3) is 11.2 Å². The second kappa shape index (κ2) is 4.75. The number of fused-ring (bicyclic) bond motifs is 1. The number of alkyl halides is 3. The van der Waals surface area contributed by atoms with Crippen molar-refractivity contribution >= 4 is 11.2 Å². The Morgan fingerprint density at radius 3 is 2.50 bits per heavy atom. The van der Waals surface area contributed by atoms with Crippen molar-refractivity contribution < 1.29 is 13.2 Å². The van der Waals surface area contributed by atoms with Crippen LogP contribution in [0.2, 0.25) is 0 Å². The molecule has 0 radical (unpaired) electrons. The minimum absolute atomic E-state index is 0.0854. The van der Waals surface area contributed by atoms with Crippen molar-refractivity contribution in [2.45, 2.75) is 44.7 Å². The highest BCUT2D eigenvalue weighted by Crippen LogP contribution is 2.42. The number of imidazole rings is 1. The van der Waals surface area contributed by atoms with E-state index in [4.69, 9.17) is 0 Å². The predicted molar refractivity (Wildman–Crippen MR) is 69.4 cm³/mol. The molecule has 0 saturated heterocycles. The lowest BCUT2D eigenvalue weighted by Crippen LogP contribution is -2.27.